The number of carbonyl (C=O) groups is 1. The Kier molecular flexibility index (Phi) is 4.52. The molecule has 1 saturated heterocycles. The number of carbonyl (C=O) groups excluding carboxylic acids is 1. The second-order valence-corrected chi connectivity index (χ2v) is 7.27. The van der Waals surface area contributed by atoms with E-state index in [4.69, 9.17) is 5.73 Å². The molecule has 0 atom stereocenters. The molecular formula is C22H18N8O. The second kappa shape index (κ2) is 7.50. The largest absolute Gasteiger partial charge is 0.382 e. The van der Waals surface area contributed by atoms with Crippen molar-refractivity contribution in [3.05, 3.63) is 60.2 Å². The Morgan fingerprint density at radius 3 is 2.71 bits per heavy atom. The van der Waals surface area contributed by atoms with Gasteiger partial charge in [-0.3, -0.25) is 4.79 Å². The van der Waals surface area contributed by atoms with Crippen molar-refractivity contribution in [2.24, 2.45) is 0 Å². The SMILES string of the molecule is N#Cc1ccccc1-c1nc(N)c2cc(C(=O)N3CCCC3)nn2c1-c1ccncn1. The molecule has 31 heavy (non-hydrogen) atoms. The van der Waals surface area contributed by atoms with E-state index in [2.05, 4.69) is 26.1 Å². The quantitative estimate of drug-likeness (QED) is 0.550. The molecule has 0 aliphatic carbocycles. The van der Waals surface area contributed by atoms with E-state index in [9.17, 15) is 10.1 Å². The van der Waals surface area contributed by atoms with E-state index in [1.165, 1.54) is 6.33 Å². The first-order valence-corrected chi connectivity index (χ1v) is 9.92. The normalized spacial score (nSPS) is 13.5. The van der Waals surface area contributed by atoms with Gasteiger partial charge in [-0.05, 0) is 25.0 Å². The summed E-state index contributed by atoms with van der Waals surface area (Å²) in [5.74, 6) is 0.0849. The van der Waals surface area contributed by atoms with Crippen LogP contribution in [0.2, 0.25) is 0 Å². The molecule has 3 aromatic heterocycles. The molecule has 4 heterocycles. The van der Waals surface area contributed by atoms with Crippen molar-refractivity contribution >= 4 is 17.2 Å². The summed E-state index contributed by atoms with van der Waals surface area (Å²) in [6.45, 7) is 1.44. The van der Waals surface area contributed by atoms with Gasteiger partial charge in [0.25, 0.3) is 5.91 Å². The Bertz CT molecular complexity index is 1330. The number of nitrogen functional groups attached to an aromatic ring is 1. The van der Waals surface area contributed by atoms with Crippen LogP contribution < -0.4 is 5.73 Å². The van der Waals surface area contributed by atoms with Crippen LogP contribution in [0.25, 0.3) is 28.2 Å². The molecule has 2 N–H and O–H groups in total. The van der Waals surface area contributed by atoms with Crippen molar-refractivity contribution in [2.75, 3.05) is 18.8 Å². The summed E-state index contributed by atoms with van der Waals surface area (Å²) in [5, 5.41) is 14.2. The number of amides is 1. The molecule has 1 fully saturated rings. The fourth-order valence-electron chi connectivity index (χ4n) is 3.89. The predicted octanol–water partition coefficient (Wildman–Crippen LogP) is 2.54. The zero-order valence-electron chi connectivity index (χ0n) is 16.6. The number of nitrogens with two attached hydrogens (primary N) is 1. The minimum Gasteiger partial charge on any atom is -0.382 e. The Hall–Kier alpha value is -4.32. The summed E-state index contributed by atoms with van der Waals surface area (Å²) >= 11 is 0. The highest BCUT2D eigenvalue weighted by Crippen LogP contribution is 2.34. The Morgan fingerprint density at radius 2 is 1.97 bits per heavy atom. The number of likely N-dealkylation sites (tertiary alicyclic amines) is 1. The van der Waals surface area contributed by atoms with Gasteiger partial charge < -0.3 is 10.6 Å². The fraction of sp³-hybridized carbons (Fsp3) is 0.182. The third-order valence-corrected chi connectivity index (χ3v) is 5.38. The first-order valence-electron chi connectivity index (χ1n) is 9.92. The van der Waals surface area contributed by atoms with Gasteiger partial charge in [-0.25, -0.2) is 19.5 Å². The summed E-state index contributed by atoms with van der Waals surface area (Å²) in [6.07, 6.45) is 5.02. The summed E-state index contributed by atoms with van der Waals surface area (Å²) in [4.78, 5) is 27.7. The van der Waals surface area contributed by atoms with E-state index in [1.54, 1.807) is 45.9 Å². The van der Waals surface area contributed by atoms with Crippen LogP contribution in [0.15, 0.2) is 48.9 Å². The van der Waals surface area contributed by atoms with Crippen molar-refractivity contribution in [1.29, 1.82) is 5.26 Å². The van der Waals surface area contributed by atoms with E-state index < -0.39 is 0 Å². The summed E-state index contributed by atoms with van der Waals surface area (Å²) in [7, 11) is 0. The van der Waals surface area contributed by atoms with Crippen LogP contribution in [0, 0.1) is 11.3 Å². The van der Waals surface area contributed by atoms with Gasteiger partial charge in [-0.1, -0.05) is 18.2 Å². The summed E-state index contributed by atoms with van der Waals surface area (Å²) in [5.41, 5.74) is 9.71. The molecule has 9 heteroatoms. The lowest BCUT2D eigenvalue weighted by Gasteiger charge is -2.13. The van der Waals surface area contributed by atoms with Gasteiger partial charge in [0.05, 0.1) is 17.3 Å². The Morgan fingerprint density at radius 1 is 1.16 bits per heavy atom. The topological polar surface area (TPSA) is 126 Å². The molecule has 1 aliphatic heterocycles. The minimum absolute atomic E-state index is 0.131. The lowest BCUT2D eigenvalue weighted by Crippen LogP contribution is -2.27. The smallest absolute Gasteiger partial charge is 0.274 e. The highest BCUT2D eigenvalue weighted by atomic mass is 16.2. The number of fused-ring (bicyclic) bond motifs is 1. The number of aromatic nitrogens is 5. The van der Waals surface area contributed by atoms with Crippen LogP contribution in [0.1, 0.15) is 28.9 Å². The van der Waals surface area contributed by atoms with Crippen molar-refractivity contribution in [2.45, 2.75) is 12.8 Å². The second-order valence-electron chi connectivity index (χ2n) is 7.27. The zero-order chi connectivity index (χ0) is 21.4. The fourth-order valence-corrected chi connectivity index (χ4v) is 3.89. The van der Waals surface area contributed by atoms with Gasteiger partial charge in [0.2, 0.25) is 0 Å². The highest BCUT2D eigenvalue weighted by molar-refractivity contribution is 5.95. The number of nitriles is 1. The first kappa shape index (κ1) is 18.7. The summed E-state index contributed by atoms with van der Waals surface area (Å²) in [6, 6.07) is 12.7. The molecular weight excluding hydrogens is 392 g/mol. The molecule has 5 rings (SSSR count). The average molecular weight is 410 g/mol. The molecule has 0 radical (unpaired) electrons. The number of hydrogen-bond donors (Lipinski definition) is 1. The number of benzene rings is 1. The van der Waals surface area contributed by atoms with E-state index in [-0.39, 0.29) is 11.7 Å². The molecule has 0 unspecified atom stereocenters. The number of hydrogen-bond acceptors (Lipinski definition) is 7. The third kappa shape index (κ3) is 3.14. The highest BCUT2D eigenvalue weighted by Gasteiger charge is 2.26. The lowest BCUT2D eigenvalue weighted by atomic mass is 10.0. The van der Waals surface area contributed by atoms with Crippen LogP contribution in [0.4, 0.5) is 5.82 Å². The van der Waals surface area contributed by atoms with Crippen LogP contribution in [-0.2, 0) is 0 Å². The maximum absolute atomic E-state index is 13.0. The molecule has 0 spiro atoms. The van der Waals surface area contributed by atoms with Crippen LogP contribution in [-0.4, -0.2) is 48.5 Å². The van der Waals surface area contributed by atoms with Gasteiger partial charge in [-0.2, -0.15) is 10.4 Å². The number of anilines is 1. The lowest BCUT2D eigenvalue weighted by molar-refractivity contribution is 0.0786. The van der Waals surface area contributed by atoms with Gasteiger partial charge in [0.1, 0.15) is 29.0 Å². The average Bonchev–Trinajstić information content (AvgIpc) is 3.50. The maximum Gasteiger partial charge on any atom is 0.274 e. The van der Waals surface area contributed by atoms with Crippen LogP contribution in [0.5, 0.6) is 0 Å². The van der Waals surface area contributed by atoms with Crippen LogP contribution >= 0.6 is 0 Å². The molecule has 0 saturated carbocycles. The Balaban J connectivity index is 1.80. The molecule has 1 amide bonds. The zero-order valence-corrected chi connectivity index (χ0v) is 16.6. The van der Waals surface area contributed by atoms with E-state index in [0.29, 0.717) is 39.4 Å². The van der Waals surface area contributed by atoms with Crippen molar-refractivity contribution in [3.8, 4) is 28.7 Å². The van der Waals surface area contributed by atoms with Crippen molar-refractivity contribution < 1.29 is 4.79 Å². The molecule has 4 aromatic rings. The Labute approximate surface area is 177 Å². The predicted molar refractivity (Wildman–Crippen MR) is 114 cm³/mol. The minimum atomic E-state index is -0.131. The van der Waals surface area contributed by atoms with E-state index >= 15 is 0 Å². The van der Waals surface area contributed by atoms with Crippen molar-refractivity contribution in [1.82, 2.24) is 29.5 Å². The first-order chi connectivity index (χ1) is 15.2. The standard InChI is InChI=1S/C22H18N8O/c23-12-14-5-1-2-6-15(14)19-20(16-7-8-25-13-26-16)30-18(21(24)27-19)11-17(28-30)22(31)29-9-3-4-10-29/h1-2,5-8,11,13H,3-4,9-10H2,(H2,24,27). The molecule has 0 bridgehead atoms. The van der Waals surface area contributed by atoms with Gasteiger partial charge in [0.15, 0.2) is 5.69 Å². The monoisotopic (exact) mass is 410 g/mol. The maximum atomic E-state index is 13.0. The summed E-state index contributed by atoms with van der Waals surface area (Å²) < 4.78 is 1.59. The molecule has 1 aliphatic rings. The van der Waals surface area contributed by atoms with Crippen LogP contribution in [0.3, 0.4) is 0 Å². The number of rotatable bonds is 3. The van der Waals surface area contributed by atoms with Gasteiger partial charge in [-0.15, -0.1) is 0 Å². The molecule has 9 nitrogen and oxygen atoms in total. The molecule has 1 aromatic carbocycles. The van der Waals surface area contributed by atoms with E-state index in [1.807, 2.05) is 6.07 Å². The molecule has 152 valence electrons. The third-order valence-electron chi connectivity index (χ3n) is 5.38. The number of nitrogens with zero attached hydrogens (tertiary/aromatic N) is 7. The van der Waals surface area contributed by atoms with Gasteiger partial charge in [0, 0.05) is 30.9 Å². The van der Waals surface area contributed by atoms with Crippen molar-refractivity contribution in [3.63, 3.8) is 0 Å². The van der Waals surface area contributed by atoms with E-state index in [0.717, 1.165) is 25.9 Å². The van der Waals surface area contributed by atoms with Gasteiger partial charge >= 0.3 is 0 Å².